The van der Waals surface area contributed by atoms with E-state index in [0.29, 0.717) is 4.47 Å². The van der Waals surface area contributed by atoms with E-state index in [1.165, 1.54) is 6.07 Å². The smallest absolute Gasteiger partial charge is 0.138 e. The quantitative estimate of drug-likeness (QED) is 0.803. The van der Waals surface area contributed by atoms with E-state index in [1.807, 2.05) is 6.07 Å². The van der Waals surface area contributed by atoms with Gasteiger partial charge in [0.05, 0.1) is 4.47 Å². The zero-order valence-electron chi connectivity index (χ0n) is 9.06. The summed E-state index contributed by atoms with van der Waals surface area (Å²) in [6.07, 6.45) is 0. The minimum absolute atomic E-state index is 0.249. The number of rotatable bonds is 4. The molecule has 0 fully saturated rings. The Labute approximate surface area is 98.7 Å². The van der Waals surface area contributed by atoms with Crippen LogP contribution in [-0.2, 0) is 0 Å². The molecule has 1 rings (SSSR count). The van der Waals surface area contributed by atoms with Crippen LogP contribution in [0.5, 0.6) is 0 Å². The molecule has 0 aliphatic heterocycles. The standard InChI is InChI=1S/C12H15BrFN/c1-4-15(5-2)9(3)10-6-7-11(13)12(14)8-10/h6-8H,3-5H2,1-2H3. The molecule has 0 N–H and O–H groups in total. The second-order valence-electron chi connectivity index (χ2n) is 3.25. The summed E-state index contributed by atoms with van der Waals surface area (Å²) in [5.41, 5.74) is 1.70. The van der Waals surface area contributed by atoms with Gasteiger partial charge in [0.25, 0.3) is 0 Å². The highest BCUT2D eigenvalue weighted by molar-refractivity contribution is 9.10. The van der Waals surface area contributed by atoms with Crippen LogP contribution in [0, 0.1) is 5.82 Å². The van der Waals surface area contributed by atoms with Crippen molar-refractivity contribution in [1.29, 1.82) is 0 Å². The normalized spacial score (nSPS) is 10.1. The number of benzene rings is 1. The van der Waals surface area contributed by atoms with Gasteiger partial charge in [-0.2, -0.15) is 0 Å². The van der Waals surface area contributed by atoms with Gasteiger partial charge in [-0.05, 0) is 41.9 Å². The Morgan fingerprint density at radius 1 is 1.40 bits per heavy atom. The minimum atomic E-state index is -0.249. The van der Waals surface area contributed by atoms with Crippen molar-refractivity contribution in [2.24, 2.45) is 0 Å². The first-order chi connectivity index (χ1) is 7.10. The number of nitrogens with zero attached hydrogens (tertiary/aromatic N) is 1. The summed E-state index contributed by atoms with van der Waals surface area (Å²) in [5.74, 6) is -0.249. The van der Waals surface area contributed by atoms with Crippen LogP contribution in [0.15, 0.2) is 29.3 Å². The summed E-state index contributed by atoms with van der Waals surface area (Å²) in [7, 11) is 0. The minimum Gasteiger partial charge on any atom is -0.372 e. The molecule has 3 heteroatoms. The molecule has 1 aromatic rings. The van der Waals surface area contributed by atoms with E-state index >= 15 is 0 Å². The van der Waals surface area contributed by atoms with E-state index in [4.69, 9.17) is 0 Å². The molecule has 82 valence electrons. The van der Waals surface area contributed by atoms with Crippen LogP contribution in [0.2, 0.25) is 0 Å². The average Bonchev–Trinajstić information content (AvgIpc) is 2.23. The predicted octanol–water partition coefficient (Wildman–Crippen LogP) is 3.90. The Morgan fingerprint density at radius 3 is 2.47 bits per heavy atom. The molecule has 1 nitrogen and oxygen atoms in total. The molecular formula is C12H15BrFN. The third kappa shape index (κ3) is 2.81. The Bertz CT molecular complexity index is 359. The van der Waals surface area contributed by atoms with Crippen LogP contribution in [0.3, 0.4) is 0 Å². The molecule has 0 amide bonds. The van der Waals surface area contributed by atoms with Crippen LogP contribution in [0.1, 0.15) is 19.4 Å². The zero-order valence-corrected chi connectivity index (χ0v) is 10.6. The highest BCUT2D eigenvalue weighted by Gasteiger charge is 2.08. The SMILES string of the molecule is C=C(c1ccc(Br)c(F)c1)N(CC)CC. The number of hydrogen-bond donors (Lipinski definition) is 0. The van der Waals surface area contributed by atoms with Gasteiger partial charge in [-0.1, -0.05) is 12.6 Å². The molecule has 0 saturated carbocycles. The van der Waals surface area contributed by atoms with Crippen molar-refractivity contribution in [1.82, 2.24) is 4.90 Å². The van der Waals surface area contributed by atoms with Gasteiger partial charge in [0.2, 0.25) is 0 Å². The van der Waals surface area contributed by atoms with Gasteiger partial charge in [0.15, 0.2) is 0 Å². The molecular weight excluding hydrogens is 257 g/mol. The summed E-state index contributed by atoms with van der Waals surface area (Å²) < 4.78 is 13.8. The lowest BCUT2D eigenvalue weighted by molar-refractivity contribution is 0.442. The lowest BCUT2D eigenvalue weighted by atomic mass is 10.1. The van der Waals surface area contributed by atoms with Gasteiger partial charge in [0.1, 0.15) is 5.82 Å². The summed E-state index contributed by atoms with van der Waals surface area (Å²) in [5, 5.41) is 0. The maximum absolute atomic E-state index is 13.3. The highest BCUT2D eigenvalue weighted by atomic mass is 79.9. The van der Waals surface area contributed by atoms with Crippen LogP contribution in [0.25, 0.3) is 5.70 Å². The van der Waals surface area contributed by atoms with Crippen LogP contribution < -0.4 is 0 Å². The van der Waals surface area contributed by atoms with Gasteiger partial charge < -0.3 is 4.90 Å². The molecule has 0 radical (unpaired) electrons. The zero-order chi connectivity index (χ0) is 11.4. The summed E-state index contributed by atoms with van der Waals surface area (Å²) in [6.45, 7) is 9.86. The third-order valence-electron chi connectivity index (χ3n) is 2.40. The third-order valence-corrected chi connectivity index (χ3v) is 3.04. The van der Waals surface area contributed by atoms with Crippen LogP contribution >= 0.6 is 15.9 Å². The van der Waals surface area contributed by atoms with Crippen molar-refractivity contribution in [3.05, 3.63) is 40.6 Å². The molecule has 0 aliphatic rings. The van der Waals surface area contributed by atoms with Gasteiger partial charge in [-0.25, -0.2) is 4.39 Å². The van der Waals surface area contributed by atoms with Gasteiger partial charge >= 0.3 is 0 Å². The lowest BCUT2D eigenvalue weighted by Crippen LogP contribution is -2.20. The molecule has 0 aliphatic carbocycles. The second kappa shape index (κ2) is 5.31. The fraction of sp³-hybridized carbons (Fsp3) is 0.333. The van der Waals surface area contributed by atoms with Crippen molar-refractivity contribution in [2.45, 2.75) is 13.8 Å². The molecule has 0 unspecified atom stereocenters. The van der Waals surface area contributed by atoms with E-state index < -0.39 is 0 Å². The maximum atomic E-state index is 13.3. The van der Waals surface area contributed by atoms with E-state index in [1.54, 1.807) is 6.07 Å². The van der Waals surface area contributed by atoms with E-state index in [-0.39, 0.29) is 5.82 Å². The Morgan fingerprint density at radius 2 is 2.00 bits per heavy atom. The Kier molecular flexibility index (Phi) is 4.33. The van der Waals surface area contributed by atoms with Crippen molar-refractivity contribution in [3.8, 4) is 0 Å². The molecule has 0 spiro atoms. The molecule has 0 atom stereocenters. The van der Waals surface area contributed by atoms with Crippen molar-refractivity contribution in [3.63, 3.8) is 0 Å². The molecule has 15 heavy (non-hydrogen) atoms. The molecule has 0 heterocycles. The van der Waals surface area contributed by atoms with E-state index in [2.05, 4.69) is 41.3 Å². The first-order valence-electron chi connectivity index (χ1n) is 4.99. The Hall–Kier alpha value is -0.830. The topological polar surface area (TPSA) is 3.24 Å². The summed E-state index contributed by atoms with van der Waals surface area (Å²) in [4.78, 5) is 2.10. The fourth-order valence-electron chi connectivity index (χ4n) is 1.46. The fourth-order valence-corrected chi connectivity index (χ4v) is 1.71. The van der Waals surface area contributed by atoms with E-state index in [0.717, 1.165) is 24.4 Å². The average molecular weight is 272 g/mol. The number of hydrogen-bond acceptors (Lipinski definition) is 1. The second-order valence-corrected chi connectivity index (χ2v) is 4.10. The maximum Gasteiger partial charge on any atom is 0.138 e. The molecule has 0 saturated heterocycles. The molecule has 0 aromatic heterocycles. The van der Waals surface area contributed by atoms with Crippen molar-refractivity contribution in [2.75, 3.05) is 13.1 Å². The van der Waals surface area contributed by atoms with Crippen molar-refractivity contribution < 1.29 is 4.39 Å². The van der Waals surface area contributed by atoms with Gasteiger partial charge in [-0.3, -0.25) is 0 Å². The van der Waals surface area contributed by atoms with Crippen LogP contribution in [-0.4, -0.2) is 18.0 Å². The summed E-state index contributed by atoms with van der Waals surface area (Å²) >= 11 is 3.13. The van der Waals surface area contributed by atoms with E-state index in [9.17, 15) is 4.39 Å². The number of halogens is 2. The predicted molar refractivity (Wildman–Crippen MR) is 66.1 cm³/mol. The largest absolute Gasteiger partial charge is 0.372 e. The lowest BCUT2D eigenvalue weighted by Gasteiger charge is -2.23. The van der Waals surface area contributed by atoms with Gasteiger partial charge in [0, 0.05) is 24.4 Å². The first-order valence-corrected chi connectivity index (χ1v) is 5.78. The molecule has 0 bridgehead atoms. The van der Waals surface area contributed by atoms with Crippen molar-refractivity contribution >= 4 is 21.6 Å². The molecule has 1 aromatic carbocycles. The first kappa shape index (κ1) is 12.2. The van der Waals surface area contributed by atoms with Crippen LogP contribution in [0.4, 0.5) is 4.39 Å². The van der Waals surface area contributed by atoms with Gasteiger partial charge in [-0.15, -0.1) is 0 Å². The Balaban J connectivity index is 2.96. The monoisotopic (exact) mass is 271 g/mol. The summed E-state index contributed by atoms with van der Waals surface area (Å²) in [6, 6.07) is 5.08. The highest BCUT2D eigenvalue weighted by Crippen LogP contribution is 2.22.